The summed E-state index contributed by atoms with van der Waals surface area (Å²) in [4.78, 5) is 13.7. The van der Waals surface area contributed by atoms with Crippen molar-refractivity contribution in [3.63, 3.8) is 0 Å². The number of carbonyl (C=O) groups excluding carboxylic acids is 1. The fourth-order valence-electron chi connectivity index (χ4n) is 2.82. The number of hydrogen-bond donors (Lipinski definition) is 1. The lowest BCUT2D eigenvalue weighted by molar-refractivity contribution is -0.119. The van der Waals surface area contributed by atoms with Crippen LogP contribution in [0.15, 0.2) is 24.3 Å². The molecule has 1 aliphatic heterocycles. The monoisotopic (exact) mass is 252 g/mol. The Balaban J connectivity index is 0.00000108. The van der Waals surface area contributed by atoms with Gasteiger partial charge in [-0.15, -0.1) is 12.4 Å². The minimum absolute atomic E-state index is 0. The molecule has 0 saturated heterocycles. The van der Waals surface area contributed by atoms with Crippen LogP contribution >= 0.6 is 12.4 Å². The van der Waals surface area contributed by atoms with Crippen LogP contribution in [0.3, 0.4) is 0 Å². The summed E-state index contributed by atoms with van der Waals surface area (Å²) in [6, 6.07) is 7.85. The van der Waals surface area contributed by atoms with Gasteiger partial charge in [-0.1, -0.05) is 18.2 Å². The summed E-state index contributed by atoms with van der Waals surface area (Å²) in [5.74, 6) is 0.0382. The number of anilines is 1. The Bertz CT molecular complexity index is 456. The van der Waals surface area contributed by atoms with Crippen LogP contribution in [0.4, 0.5) is 5.69 Å². The molecule has 17 heavy (non-hydrogen) atoms. The summed E-state index contributed by atoms with van der Waals surface area (Å²) in [5.41, 5.74) is 8.51. The van der Waals surface area contributed by atoms with E-state index < -0.39 is 0 Å². The molecule has 92 valence electrons. The number of likely N-dealkylation sites (N-methyl/N-ethyl adjacent to an activating group) is 1. The highest BCUT2D eigenvalue weighted by Gasteiger charge is 2.50. The van der Waals surface area contributed by atoms with Gasteiger partial charge in [-0.2, -0.15) is 0 Å². The molecule has 0 aromatic heterocycles. The molecule has 2 aliphatic rings. The number of para-hydroxylation sites is 1. The summed E-state index contributed by atoms with van der Waals surface area (Å²) in [7, 11) is 1.82. The van der Waals surface area contributed by atoms with Crippen molar-refractivity contribution in [2.24, 2.45) is 5.73 Å². The molecular formula is C13H17ClN2O. The van der Waals surface area contributed by atoms with Gasteiger partial charge in [0, 0.05) is 12.7 Å². The molecule has 1 aromatic rings. The third-order valence-corrected chi connectivity index (χ3v) is 3.95. The summed E-state index contributed by atoms with van der Waals surface area (Å²) >= 11 is 0. The van der Waals surface area contributed by atoms with Crippen molar-refractivity contribution in [2.75, 3.05) is 11.9 Å². The third-order valence-electron chi connectivity index (χ3n) is 3.95. The van der Waals surface area contributed by atoms with Gasteiger partial charge in [0.25, 0.3) is 0 Å². The molecule has 0 bridgehead atoms. The van der Waals surface area contributed by atoms with Gasteiger partial charge in [-0.25, -0.2) is 0 Å². The molecule has 1 amide bonds. The molecule has 3 nitrogen and oxygen atoms in total. The van der Waals surface area contributed by atoms with Crippen LogP contribution < -0.4 is 10.6 Å². The van der Waals surface area contributed by atoms with E-state index in [1.165, 1.54) is 18.4 Å². The quantitative estimate of drug-likeness (QED) is 0.766. The second-order valence-corrected chi connectivity index (χ2v) is 5.01. The number of carbonyl (C=O) groups is 1. The molecule has 2 N–H and O–H groups in total. The molecule has 4 heteroatoms. The number of fused-ring (bicyclic) bond motifs is 2. The first-order chi connectivity index (χ1) is 7.64. The molecule has 3 rings (SSSR count). The Labute approximate surface area is 107 Å². The number of nitrogens with zero attached hydrogens (tertiary/aromatic N) is 1. The predicted octanol–water partition coefficient (Wildman–Crippen LogP) is 1.83. The lowest BCUT2D eigenvalue weighted by Crippen LogP contribution is -2.41. The first-order valence-corrected chi connectivity index (χ1v) is 5.77. The second kappa shape index (κ2) is 4.00. The van der Waals surface area contributed by atoms with Crippen LogP contribution in [0.2, 0.25) is 0 Å². The zero-order valence-corrected chi connectivity index (χ0v) is 10.7. The Kier molecular flexibility index (Phi) is 2.92. The van der Waals surface area contributed by atoms with Gasteiger partial charge >= 0.3 is 0 Å². The second-order valence-electron chi connectivity index (χ2n) is 5.01. The number of hydrogen-bond acceptors (Lipinski definition) is 2. The fourth-order valence-corrected chi connectivity index (χ4v) is 2.82. The van der Waals surface area contributed by atoms with E-state index in [-0.39, 0.29) is 29.8 Å². The van der Waals surface area contributed by atoms with Gasteiger partial charge in [-0.05, 0) is 36.3 Å². The van der Waals surface area contributed by atoms with Gasteiger partial charge in [0.1, 0.15) is 0 Å². The van der Waals surface area contributed by atoms with E-state index in [0.29, 0.717) is 0 Å². The van der Waals surface area contributed by atoms with Crippen LogP contribution in [0.5, 0.6) is 0 Å². The Morgan fingerprint density at radius 1 is 1.35 bits per heavy atom. The number of amides is 1. The minimum atomic E-state index is -0.347. The van der Waals surface area contributed by atoms with E-state index in [1.807, 2.05) is 25.2 Å². The van der Waals surface area contributed by atoms with Gasteiger partial charge < -0.3 is 10.6 Å². The summed E-state index contributed by atoms with van der Waals surface area (Å²) in [5, 5.41) is 0. The highest BCUT2D eigenvalue weighted by molar-refractivity contribution is 5.98. The Hall–Kier alpha value is -1.06. The van der Waals surface area contributed by atoms with Crippen molar-refractivity contribution in [3.05, 3.63) is 29.8 Å². The average molecular weight is 253 g/mol. The highest BCUT2D eigenvalue weighted by Crippen LogP contribution is 2.55. The molecule has 1 aliphatic carbocycles. The predicted molar refractivity (Wildman–Crippen MR) is 70.6 cm³/mol. The van der Waals surface area contributed by atoms with Crippen molar-refractivity contribution in [1.82, 2.24) is 0 Å². The molecule has 1 heterocycles. The maximum absolute atomic E-state index is 12.0. The minimum Gasteiger partial charge on any atom is -0.320 e. The van der Waals surface area contributed by atoms with E-state index in [9.17, 15) is 4.79 Å². The molecule has 1 aromatic carbocycles. The van der Waals surface area contributed by atoms with Crippen molar-refractivity contribution >= 4 is 24.0 Å². The molecule has 1 unspecified atom stereocenters. The maximum Gasteiger partial charge on any atom is 0.243 e. The Morgan fingerprint density at radius 3 is 2.65 bits per heavy atom. The lowest BCUT2D eigenvalue weighted by Gasteiger charge is -2.19. The average Bonchev–Trinajstić information content (AvgIpc) is 3.07. The largest absolute Gasteiger partial charge is 0.320 e. The Morgan fingerprint density at radius 2 is 2.00 bits per heavy atom. The topological polar surface area (TPSA) is 46.3 Å². The highest BCUT2D eigenvalue weighted by atomic mass is 35.5. The summed E-state index contributed by atoms with van der Waals surface area (Å²) < 4.78 is 0. The maximum atomic E-state index is 12.0. The third kappa shape index (κ3) is 1.74. The van der Waals surface area contributed by atoms with E-state index in [4.69, 9.17) is 5.73 Å². The van der Waals surface area contributed by atoms with E-state index in [2.05, 4.69) is 6.07 Å². The standard InChI is InChI=1S/C13H16N2O.ClH/c1-15-11-5-3-2-4-9(11)13(6-7-13)8-10(14)12(15)16;/h2-5,10H,6-8,14H2,1H3;1H. The molecule has 1 fully saturated rings. The van der Waals surface area contributed by atoms with Crippen molar-refractivity contribution in [2.45, 2.75) is 30.7 Å². The van der Waals surface area contributed by atoms with Crippen LogP contribution in [0.1, 0.15) is 24.8 Å². The van der Waals surface area contributed by atoms with Crippen molar-refractivity contribution in [1.29, 1.82) is 0 Å². The zero-order chi connectivity index (χ0) is 11.3. The van der Waals surface area contributed by atoms with E-state index in [0.717, 1.165) is 12.1 Å². The number of benzene rings is 1. The smallest absolute Gasteiger partial charge is 0.243 e. The van der Waals surface area contributed by atoms with Crippen molar-refractivity contribution < 1.29 is 4.79 Å². The van der Waals surface area contributed by atoms with Crippen LogP contribution in [-0.2, 0) is 10.2 Å². The molecule has 1 saturated carbocycles. The SMILES string of the molecule is CN1C(=O)C(N)CC2(CC2)c2ccccc21.Cl. The first-order valence-electron chi connectivity index (χ1n) is 5.77. The van der Waals surface area contributed by atoms with Gasteiger partial charge in [-0.3, -0.25) is 4.79 Å². The summed E-state index contributed by atoms with van der Waals surface area (Å²) in [6.45, 7) is 0. The van der Waals surface area contributed by atoms with Crippen LogP contribution in [0, 0.1) is 0 Å². The zero-order valence-electron chi connectivity index (χ0n) is 9.85. The molecule has 1 atom stereocenters. The molecular weight excluding hydrogens is 236 g/mol. The molecule has 1 spiro atoms. The number of nitrogens with two attached hydrogens (primary N) is 1. The number of rotatable bonds is 0. The lowest BCUT2D eigenvalue weighted by atomic mass is 9.89. The first kappa shape index (κ1) is 12.4. The van der Waals surface area contributed by atoms with Gasteiger partial charge in [0.05, 0.1) is 6.04 Å². The van der Waals surface area contributed by atoms with Crippen molar-refractivity contribution in [3.8, 4) is 0 Å². The van der Waals surface area contributed by atoms with Gasteiger partial charge in [0.2, 0.25) is 5.91 Å². The molecule has 0 radical (unpaired) electrons. The van der Waals surface area contributed by atoms with E-state index in [1.54, 1.807) is 4.90 Å². The fraction of sp³-hybridized carbons (Fsp3) is 0.462. The van der Waals surface area contributed by atoms with Gasteiger partial charge in [0.15, 0.2) is 0 Å². The van der Waals surface area contributed by atoms with Crippen LogP contribution in [-0.4, -0.2) is 19.0 Å². The summed E-state index contributed by atoms with van der Waals surface area (Å²) in [6.07, 6.45) is 3.13. The van der Waals surface area contributed by atoms with Crippen LogP contribution in [0.25, 0.3) is 0 Å². The number of halogens is 1. The normalized spacial score (nSPS) is 24.9. The van der Waals surface area contributed by atoms with E-state index >= 15 is 0 Å².